The van der Waals surface area contributed by atoms with Crippen LogP contribution >= 0.6 is 23.1 Å². The maximum atomic E-state index is 13.9. The van der Waals surface area contributed by atoms with Gasteiger partial charge < -0.3 is 15.0 Å². The molecule has 6 unspecified atom stereocenters. The average molecular weight is 692 g/mol. The van der Waals surface area contributed by atoms with E-state index in [9.17, 15) is 32.3 Å². The Labute approximate surface area is 280 Å². The van der Waals surface area contributed by atoms with Crippen molar-refractivity contribution in [1.29, 1.82) is 0 Å². The van der Waals surface area contributed by atoms with E-state index in [2.05, 4.69) is 10.3 Å². The average Bonchev–Trinajstić information content (AvgIpc) is 3.80. The van der Waals surface area contributed by atoms with Crippen LogP contribution in [0.5, 0.6) is 5.75 Å². The van der Waals surface area contributed by atoms with Gasteiger partial charge in [-0.2, -0.15) is 13.2 Å². The molecule has 2 aliphatic carbocycles. The number of carbonyl (C=O) groups excluding carboxylic acids is 3. The van der Waals surface area contributed by atoms with E-state index in [0.29, 0.717) is 17.9 Å². The van der Waals surface area contributed by atoms with Crippen LogP contribution in [0.4, 0.5) is 24.5 Å². The van der Waals surface area contributed by atoms with Crippen molar-refractivity contribution in [3.05, 3.63) is 104 Å². The number of nitrogens with one attached hydrogen (secondary N) is 2. The molecule has 8 nitrogen and oxygen atoms in total. The lowest BCUT2D eigenvalue weighted by Gasteiger charge is -2.43. The molecule has 4 aromatic rings. The number of aryl methyl sites for hydroxylation is 1. The molecule has 2 aliphatic heterocycles. The number of hydrogen-bond acceptors (Lipinski definition) is 7. The molecule has 8 rings (SSSR count). The molecule has 2 bridgehead atoms. The van der Waals surface area contributed by atoms with Crippen molar-refractivity contribution < 1.29 is 32.3 Å². The number of ether oxygens (including phenoxy) is 1. The monoisotopic (exact) mass is 691 g/mol. The van der Waals surface area contributed by atoms with Gasteiger partial charge in [0.1, 0.15) is 5.75 Å². The maximum Gasteiger partial charge on any atom is 0.416 e. The van der Waals surface area contributed by atoms with Gasteiger partial charge in [0.25, 0.3) is 5.91 Å². The molecular formula is C35H28F3N3O5S2. The van der Waals surface area contributed by atoms with Gasteiger partial charge in [0.2, 0.25) is 11.8 Å². The number of thiazole rings is 1. The van der Waals surface area contributed by atoms with Crippen LogP contribution in [0.2, 0.25) is 0 Å². The number of aromatic nitrogens is 1. The molecule has 7 atom stereocenters. The van der Waals surface area contributed by atoms with Crippen LogP contribution in [0.1, 0.15) is 33.9 Å². The maximum absolute atomic E-state index is 13.9. The summed E-state index contributed by atoms with van der Waals surface area (Å²) in [4.78, 5) is 57.4. The first-order chi connectivity index (χ1) is 23.0. The van der Waals surface area contributed by atoms with Gasteiger partial charge in [0.15, 0.2) is 6.61 Å². The number of carbonyl (C=O) groups is 3. The molecule has 246 valence electrons. The van der Waals surface area contributed by atoms with E-state index in [-0.39, 0.29) is 52.0 Å². The Hall–Kier alpha value is -4.36. The fraction of sp³-hybridized carbons (Fsp3) is 0.314. The van der Waals surface area contributed by atoms with E-state index in [1.807, 2.05) is 43.3 Å². The third-order valence-electron chi connectivity index (χ3n) is 10.1. The summed E-state index contributed by atoms with van der Waals surface area (Å²) in [6, 6.07) is 19.2. The van der Waals surface area contributed by atoms with Gasteiger partial charge in [-0.3, -0.25) is 24.1 Å². The SMILES string of the molecule is Cc1ccc(NC(=O)COc2ccc([C@H]3c4sc(=O)[nH]c4SC4C5CC(C6C(=O)N(c7cccc(C(F)(F)F)c7)C(=O)C56)C43)cc2)cc1. The molecule has 3 fully saturated rings. The Morgan fingerprint density at radius 2 is 1.69 bits per heavy atom. The van der Waals surface area contributed by atoms with Gasteiger partial charge in [-0.1, -0.05) is 47.2 Å². The molecule has 2 saturated carbocycles. The fourth-order valence-corrected chi connectivity index (χ4v) is 11.1. The standard InChI is InChI=1S/C35H28F3N3O5S2/c1-16-5-9-19(10-6-16)39-24(42)15-46-21-11-7-17(8-12-21)25-26-22-14-23(29(26)47-31-30(25)48-34(45)40-31)28-27(22)32(43)41(33(28)44)20-4-2-3-18(13-20)35(36,37)38/h2-13,22-23,25-29H,14-15H2,1H3,(H,39,42)(H,40,45)/t22?,23?,25-,26?,27?,28?,29?/m1/s1. The van der Waals surface area contributed by atoms with Gasteiger partial charge >= 0.3 is 11.0 Å². The van der Waals surface area contributed by atoms with Crippen molar-refractivity contribution >= 4 is 52.2 Å². The van der Waals surface area contributed by atoms with Crippen LogP contribution in [-0.4, -0.2) is 34.6 Å². The van der Waals surface area contributed by atoms with Crippen molar-refractivity contribution in [1.82, 2.24) is 4.98 Å². The second-order valence-electron chi connectivity index (χ2n) is 12.8. The summed E-state index contributed by atoms with van der Waals surface area (Å²) in [5.74, 6) is -2.68. The lowest BCUT2D eigenvalue weighted by molar-refractivity contribution is -0.137. The highest BCUT2D eigenvalue weighted by atomic mass is 32.2. The number of amides is 3. The third-order valence-corrected chi connectivity index (χ3v) is 12.7. The molecule has 2 N–H and O–H groups in total. The Morgan fingerprint density at radius 3 is 2.40 bits per heavy atom. The van der Waals surface area contributed by atoms with Crippen LogP contribution in [0.3, 0.4) is 0 Å². The summed E-state index contributed by atoms with van der Waals surface area (Å²) in [5.41, 5.74) is 1.68. The number of benzene rings is 3. The number of imide groups is 1. The Bertz CT molecular complexity index is 2010. The largest absolute Gasteiger partial charge is 0.484 e. The van der Waals surface area contributed by atoms with Crippen LogP contribution in [-0.2, 0) is 20.6 Å². The minimum absolute atomic E-state index is 0.0626. The molecule has 3 aromatic carbocycles. The minimum atomic E-state index is -4.61. The summed E-state index contributed by atoms with van der Waals surface area (Å²) in [6.45, 7) is 1.77. The van der Waals surface area contributed by atoms with Gasteiger partial charge in [-0.15, -0.1) is 11.8 Å². The molecule has 3 heterocycles. The number of halogens is 3. The highest BCUT2D eigenvalue weighted by Crippen LogP contribution is 2.68. The van der Waals surface area contributed by atoms with E-state index in [1.54, 1.807) is 12.1 Å². The third kappa shape index (κ3) is 5.06. The van der Waals surface area contributed by atoms with Crippen molar-refractivity contribution in [2.45, 2.75) is 35.7 Å². The zero-order chi connectivity index (χ0) is 33.5. The lowest BCUT2D eigenvalue weighted by atomic mass is 9.68. The molecule has 1 aromatic heterocycles. The van der Waals surface area contributed by atoms with E-state index in [4.69, 9.17) is 4.74 Å². The second kappa shape index (κ2) is 11.4. The second-order valence-corrected chi connectivity index (χ2v) is 15.0. The molecule has 48 heavy (non-hydrogen) atoms. The first kappa shape index (κ1) is 30.9. The summed E-state index contributed by atoms with van der Waals surface area (Å²) in [7, 11) is 0. The number of fused-ring (bicyclic) bond motifs is 9. The van der Waals surface area contributed by atoms with E-state index in [1.165, 1.54) is 23.9 Å². The van der Waals surface area contributed by atoms with Crippen LogP contribution in [0.25, 0.3) is 0 Å². The Kier molecular flexibility index (Phi) is 7.33. The van der Waals surface area contributed by atoms with E-state index < -0.39 is 35.4 Å². The van der Waals surface area contributed by atoms with Crippen molar-refractivity contribution in [2.24, 2.45) is 29.6 Å². The van der Waals surface area contributed by atoms with Gasteiger partial charge in [-0.05, 0) is 79.1 Å². The Balaban J connectivity index is 1.05. The van der Waals surface area contributed by atoms with E-state index in [0.717, 1.165) is 49.4 Å². The molecule has 0 spiro atoms. The quantitative estimate of drug-likeness (QED) is 0.225. The zero-order valence-electron chi connectivity index (χ0n) is 25.3. The zero-order valence-corrected chi connectivity index (χ0v) is 27.0. The first-order valence-corrected chi connectivity index (χ1v) is 17.2. The number of rotatable bonds is 6. The van der Waals surface area contributed by atoms with Crippen LogP contribution in [0, 0.1) is 36.5 Å². The number of H-pyrrole nitrogens is 1. The normalized spacial score (nSPS) is 27.1. The molecule has 4 aliphatic rings. The van der Waals surface area contributed by atoms with E-state index >= 15 is 0 Å². The fourth-order valence-electron chi connectivity index (χ4n) is 8.22. The summed E-state index contributed by atoms with van der Waals surface area (Å²) in [5, 5.41) is 3.48. The molecule has 3 amide bonds. The number of nitrogens with zero attached hydrogens (tertiary/aromatic N) is 1. The Morgan fingerprint density at radius 1 is 0.979 bits per heavy atom. The molecular weight excluding hydrogens is 664 g/mol. The number of anilines is 2. The van der Waals surface area contributed by atoms with Crippen molar-refractivity contribution in [2.75, 3.05) is 16.8 Å². The van der Waals surface area contributed by atoms with Gasteiger partial charge in [0, 0.05) is 21.7 Å². The summed E-state index contributed by atoms with van der Waals surface area (Å²) >= 11 is 2.67. The smallest absolute Gasteiger partial charge is 0.416 e. The highest BCUT2D eigenvalue weighted by Gasteiger charge is 2.69. The van der Waals surface area contributed by atoms with Crippen LogP contribution < -0.4 is 19.8 Å². The predicted octanol–water partition coefficient (Wildman–Crippen LogP) is 6.46. The van der Waals surface area contributed by atoms with Crippen molar-refractivity contribution in [3.8, 4) is 5.75 Å². The van der Waals surface area contributed by atoms with Crippen LogP contribution in [0.15, 0.2) is 82.6 Å². The summed E-state index contributed by atoms with van der Waals surface area (Å²) < 4.78 is 46.3. The number of alkyl halides is 3. The minimum Gasteiger partial charge on any atom is -0.484 e. The number of aromatic amines is 1. The van der Waals surface area contributed by atoms with Crippen molar-refractivity contribution in [3.63, 3.8) is 0 Å². The highest BCUT2D eigenvalue weighted by molar-refractivity contribution is 8.00. The van der Waals surface area contributed by atoms with Gasteiger partial charge in [-0.25, -0.2) is 0 Å². The number of thioether (sulfide) groups is 1. The molecule has 1 saturated heterocycles. The predicted molar refractivity (Wildman–Crippen MR) is 174 cm³/mol. The topological polar surface area (TPSA) is 109 Å². The molecule has 13 heteroatoms. The lowest BCUT2D eigenvalue weighted by Crippen LogP contribution is -2.42. The first-order valence-electron chi connectivity index (χ1n) is 15.5. The summed E-state index contributed by atoms with van der Waals surface area (Å²) in [6.07, 6.45) is -3.96. The van der Waals surface area contributed by atoms with Gasteiger partial charge in [0.05, 0.1) is 28.1 Å². The molecule has 0 radical (unpaired) electrons. The number of hydrogen-bond donors (Lipinski definition) is 2.